The molecule has 0 aliphatic carbocycles. The van der Waals surface area contributed by atoms with E-state index >= 15 is 0 Å². The number of halogens is 1. The van der Waals surface area contributed by atoms with Gasteiger partial charge < -0.3 is 25.2 Å². The summed E-state index contributed by atoms with van der Waals surface area (Å²) in [5.74, 6) is 1.98. The second kappa shape index (κ2) is 13.5. The van der Waals surface area contributed by atoms with E-state index in [0.29, 0.717) is 31.6 Å². The fourth-order valence-corrected chi connectivity index (χ4v) is 3.25. The van der Waals surface area contributed by atoms with Crippen molar-refractivity contribution in [2.45, 2.75) is 32.9 Å². The number of rotatable bonds is 9. The molecular formula is C23H33IN4O3. The van der Waals surface area contributed by atoms with Crippen LogP contribution in [0.5, 0.6) is 5.75 Å². The summed E-state index contributed by atoms with van der Waals surface area (Å²) in [7, 11) is 0. The van der Waals surface area contributed by atoms with Gasteiger partial charge in [0.2, 0.25) is 0 Å². The Hall–Kier alpha value is -1.91. The van der Waals surface area contributed by atoms with Crippen LogP contribution in [0.2, 0.25) is 0 Å². The molecule has 7 nitrogen and oxygen atoms in total. The lowest BCUT2D eigenvalue weighted by Crippen LogP contribution is -2.39. The summed E-state index contributed by atoms with van der Waals surface area (Å²) in [6.45, 7) is 7.90. The number of aliphatic hydroxyl groups is 1. The quantitative estimate of drug-likeness (QED) is 0.257. The third kappa shape index (κ3) is 8.27. The van der Waals surface area contributed by atoms with Crippen LogP contribution in [0.25, 0.3) is 0 Å². The van der Waals surface area contributed by atoms with Gasteiger partial charge in [0.05, 0.1) is 25.9 Å². The van der Waals surface area contributed by atoms with Crippen LogP contribution in [0.15, 0.2) is 47.7 Å². The summed E-state index contributed by atoms with van der Waals surface area (Å²) < 4.78 is 11.6. The predicted octanol–water partition coefficient (Wildman–Crippen LogP) is 3.21. The maximum absolute atomic E-state index is 10.4. The standard InChI is InChI=1S/C23H32N4O3.HI/c1-3-25-23(27-14-21(28)19-6-9-24-10-7-19)26-13-20-5-4-17(2)12-22(20)30-16-18-8-11-29-15-18;/h4-7,9-10,12,18,21,28H,3,8,11,13-16H2,1-2H3,(H2,25,26,27);1H. The van der Waals surface area contributed by atoms with Crippen LogP contribution in [0.4, 0.5) is 0 Å². The molecule has 0 radical (unpaired) electrons. The third-order valence-electron chi connectivity index (χ3n) is 5.03. The van der Waals surface area contributed by atoms with Gasteiger partial charge in [-0.3, -0.25) is 4.98 Å². The summed E-state index contributed by atoms with van der Waals surface area (Å²) in [5.41, 5.74) is 3.01. The van der Waals surface area contributed by atoms with Gasteiger partial charge in [-0.25, -0.2) is 4.99 Å². The molecule has 8 heteroatoms. The molecule has 1 fully saturated rings. The highest BCUT2D eigenvalue weighted by atomic mass is 127. The fraction of sp³-hybridized carbons (Fsp3) is 0.478. The zero-order valence-electron chi connectivity index (χ0n) is 18.2. The summed E-state index contributed by atoms with van der Waals surface area (Å²) >= 11 is 0. The Labute approximate surface area is 201 Å². The van der Waals surface area contributed by atoms with Crippen LogP contribution in [0, 0.1) is 12.8 Å². The van der Waals surface area contributed by atoms with Crippen LogP contribution < -0.4 is 15.4 Å². The highest BCUT2D eigenvalue weighted by molar-refractivity contribution is 14.0. The Morgan fingerprint density at radius 3 is 2.81 bits per heavy atom. The smallest absolute Gasteiger partial charge is 0.191 e. The highest BCUT2D eigenvalue weighted by Crippen LogP contribution is 2.23. The predicted molar refractivity (Wildman–Crippen MR) is 133 cm³/mol. The van der Waals surface area contributed by atoms with Crippen molar-refractivity contribution in [1.82, 2.24) is 15.6 Å². The third-order valence-corrected chi connectivity index (χ3v) is 5.03. The average molecular weight is 540 g/mol. The zero-order valence-corrected chi connectivity index (χ0v) is 20.5. The summed E-state index contributed by atoms with van der Waals surface area (Å²) in [5, 5.41) is 16.8. The first kappa shape index (κ1) is 25.4. The van der Waals surface area contributed by atoms with E-state index in [0.717, 1.165) is 48.6 Å². The van der Waals surface area contributed by atoms with Crippen molar-refractivity contribution in [2.75, 3.05) is 32.9 Å². The van der Waals surface area contributed by atoms with Gasteiger partial charge in [0.25, 0.3) is 0 Å². The van der Waals surface area contributed by atoms with Crippen LogP contribution in [-0.4, -0.2) is 49.0 Å². The summed E-state index contributed by atoms with van der Waals surface area (Å²) in [4.78, 5) is 8.67. The van der Waals surface area contributed by atoms with Gasteiger partial charge >= 0.3 is 0 Å². The number of hydrogen-bond donors (Lipinski definition) is 3. The maximum Gasteiger partial charge on any atom is 0.191 e. The Kier molecular flexibility index (Phi) is 11.0. The molecule has 1 aliphatic rings. The number of aliphatic hydroxyl groups excluding tert-OH is 1. The minimum atomic E-state index is -0.635. The largest absolute Gasteiger partial charge is 0.493 e. The number of nitrogens with one attached hydrogen (secondary N) is 2. The van der Waals surface area contributed by atoms with Crippen molar-refractivity contribution in [1.29, 1.82) is 0 Å². The van der Waals surface area contributed by atoms with Gasteiger partial charge in [0, 0.05) is 43.6 Å². The van der Waals surface area contributed by atoms with Crippen LogP contribution in [-0.2, 0) is 11.3 Å². The number of hydrogen-bond acceptors (Lipinski definition) is 5. The van der Waals surface area contributed by atoms with E-state index in [-0.39, 0.29) is 24.0 Å². The topological polar surface area (TPSA) is 88.0 Å². The first-order chi connectivity index (χ1) is 14.7. The number of nitrogens with zero attached hydrogens (tertiary/aromatic N) is 2. The highest BCUT2D eigenvalue weighted by Gasteiger charge is 2.17. The number of aromatic nitrogens is 1. The Morgan fingerprint density at radius 2 is 2.10 bits per heavy atom. The molecule has 1 aliphatic heterocycles. The van der Waals surface area contributed by atoms with Crippen molar-refractivity contribution >= 4 is 29.9 Å². The van der Waals surface area contributed by atoms with Crippen molar-refractivity contribution in [2.24, 2.45) is 10.9 Å². The van der Waals surface area contributed by atoms with Gasteiger partial charge in [0.15, 0.2) is 5.96 Å². The molecular weight excluding hydrogens is 507 g/mol. The molecule has 1 aromatic carbocycles. The van der Waals surface area contributed by atoms with Crippen molar-refractivity contribution in [3.8, 4) is 5.75 Å². The molecule has 1 saturated heterocycles. The van der Waals surface area contributed by atoms with E-state index < -0.39 is 6.10 Å². The molecule has 2 unspecified atom stereocenters. The Bertz CT molecular complexity index is 814. The maximum atomic E-state index is 10.4. The van der Waals surface area contributed by atoms with Gasteiger partial charge in [-0.1, -0.05) is 12.1 Å². The first-order valence-electron chi connectivity index (χ1n) is 10.6. The van der Waals surface area contributed by atoms with E-state index in [1.54, 1.807) is 12.4 Å². The number of ether oxygens (including phenoxy) is 2. The Balaban J connectivity index is 0.00000341. The van der Waals surface area contributed by atoms with Gasteiger partial charge in [-0.2, -0.15) is 0 Å². The van der Waals surface area contributed by atoms with Crippen molar-refractivity contribution in [3.63, 3.8) is 0 Å². The molecule has 170 valence electrons. The second-order valence-corrected chi connectivity index (χ2v) is 7.52. The summed E-state index contributed by atoms with van der Waals surface area (Å²) in [6.07, 6.45) is 3.76. The SMILES string of the molecule is CCNC(=NCc1ccc(C)cc1OCC1CCOC1)NCC(O)c1ccncc1.I. The van der Waals surface area contributed by atoms with E-state index in [1.807, 2.05) is 19.1 Å². The fourth-order valence-electron chi connectivity index (χ4n) is 3.25. The number of benzene rings is 1. The molecule has 0 saturated carbocycles. The molecule has 3 rings (SSSR count). The van der Waals surface area contributed by atoms with Crippen LogP contribution in [0.3, 0.4) is 0 Å². The first-order valence-corrected chi connectivity index (χ1v) is 10.6. The second-order valence-electron chi connectivity index (χ2n) is 7.52. The molecule has 3 N–H and O–H groups in total. The molecule has 0 bridgehead atoms. The van der Waals surface area contributed by atoms with Crippen LogP contribution >= 0.6 is 24.0 Å². The van der Waals surface area contributed by atoms with Gasteiger partial charge in [-0.15, -0.1) is 24.0 Å². The van der Waals surface area contributed by atoms with Crippen molar-refractivity contribution < 1.29 is 14.6 Å². The summed E-state index contributed by atoms with van der Waals surface area (Å²) in [6, 6.07) is 9.82. The van der Waals surface area contributed by atoms with Crippen LogP contribution in [0.1, 0.15) is 36.1 Å². The Morgan fingerprint density at radius 1 is 1.29 bits per heavy atom. The molecule has 0 amide bonds. The lowest BCUT2D eigenvalue weighted by molar-refractivity contribution is 0.166. The molecule has 1 aromatic heterocycles. The van der Waals surface area contributed by atoms with Gasteiger partial charge in [-0.05, 0) is 49.6 Å². The molecule has 2 atom stereocenters. The average Bonchev–Trinajstić information content (AvgIpc) is 3.29. The molecule has 2 aromatic rings. The minimum Gasteiger partial charge on any atom is -0.493 e. The van der Waals surface area contributed by atoms with E-state index in [1.165, 1.54) is 0 Å². The minimum absolute atomic E-state index is 0. The monoisotopic (exact) mass is 540 g/mol. The van der Waals surface area contributed by atoms with E-state index in [4.69, 9.17) is 9.47 Å². The number of aliphatic imine (C=N–C) groups is 1. The lowest BCUT2D eigenvalue weighted by atomic mass is 10.1. The molecule has 31 heavy (non-hydrogen) atoms. The zero-order chi connectivity index (χ0) is 21.2. The molecule has 2 heterocycles. The lowest BCUT2D eigenvalue weighted by Gasteiger charge is -2.16. The molecule has 0 spiro atoms. The van der Waals surface area contributed by atoms with Gasteiger partial charge in [0.1, 0.15) is 5.75 Å². The van der Waals surface area contributed by atoms with E-state index in [9.17, 15) is 5.11 Å². The number of aryl methyl sites for hydroxylation is 1. The van der Waals surface area contributed by atoms with Crippen molar-refractivity contribution in [3.05, 3.63) is 59.4 Å². The number of guanidine groups is 1. The van der Waals surface area contributed by atoms with E-state index in [2.05, 4.69) is 45.7 Å². The number of pyridine rings is 1. The normalized spacial score (nSPS) is 17.0.